The predicted octanol–water partition coefficient (Wildman–Crippen LogP) is 5.33. The minimum absolute atomic E-state index is 0.0376. The highest BCUT2D eigenvalue weighted by Crippen LogP contribution is 2.45. The second-order valence-corrected chi connectivity index (χ2v) is 14.5. The quantitative estimate of drug-likeness (QED) is 0.100. The average Bonchev–Trinajstić information content (AvgIpc) is 3.73. The van der Waals surface area contributed by atoms with Crippen molar-refractivity contribution in [2.45, 2.75) is 31.7 Å². The van der Waals surface area contributed by atoms with E-state index in [-0.39, 0.29) is 65.7 Å². The lowest BCUT2D eigenvalue weighted by molar-refractivity contribution is -0.171. The van der Waals surface area contributed by atoms with Crippen LogP contribution in [0.1, 0.15) is 47.1 Å². The molecule has 316 valence electrons. The van der Waals surface area contributed by atoms with Gasteiger partial charge in [0.2, 0.25) is 17.6 Å². The highest BCUT2D eigenvalue weighted by molar-refractivity contribution is 5.92. The van der Waals surface area contributed by atoms with Gasteiger partial charge in [-0.05, 0) is 28.8 Å². The van der Waals surface area contributed by atoms with E-state index in [2.05, 4.69) is 61.6 Å². The van der Waals surface area contributed by atoms with E-state index >= 15 is 0 Å². The van der Waals surface area contributed by atoms with Gasteiger partial charge < -0.3 is 28.4 Å². The van der Waals surface area contributed by atoms with Crippen molar-refractivity contribution in [3.63, 3.8) is 0 Å². The molecular weight excluding hydrogens is 785 g/mol. The first-order valence-electron chi connectivity index (χ1n) is 19.5. The van der Waals surface area contributed by atoms with Crippen molar-refractivity contribution >= 4 is 35.0 Å². The maximum Gasteiger partial charge on any atom is 0.344 e. The SMILES string of the molecule is COc1cc(C(=O)OCC(=O)OCC2CN(C(c3ccccc3)(c3ccccc3)c3ccccc3)CC(n3cnc4c(=O)[nH]c(NC(=O)C(C)C)nc43)O2)cc(OC)c1OC. The number of imidazole rings is 1. The third-order valence-electron chi connectivity index (χ3n) is 10.4. The number of methoxy groups -OCH3 is 3. The molecule has 2 atom stereocenters. The van der Waals surface area contributed by atoms with E-state index in [4.69, 9.17) is 28.4 Å². The third kappa shape index (κ3) is 8.67. The first-order valence-corrected chi connectivity index (χ1v) is 19.5. The van der Waals surface area contributed by atoms with Crippen LogP contribution in [0.2, 0.25) is 0 Å². The van der Waals surface area contributed by atoms with Crippen LogP contribution in [-0.2, 0) is 29.3 Å². The van der Waals surface area contributed by atoms with Crippen LogP contribution in [0.15, 0.2) is 114 Å². The largest absolute Gasteiger partial charge is 0.493 e. The van der Waals surface area contributed by atoms with Gasteiger partial charge in [0.25, 0.3) is 5.56 Å². The molecule has 1 amide bonds. The summed E-state index contributed by atoms with van der Waals surface area (Å²) in [7, 11) is 4.28. The molecule has 4 aromatic carbocycles. The van der Waals surface area contributed by atoms with Crippen molar-refractivity contribution < 1.29 is 42.8 Å². The Morgan fingerprint density at radius 2 is 1.41 bits per heavy atom. The van der Waals surface area contributed by atoms with Crippen LogP contribution in [0.3, 0.4) is 0 Å². The van der Waals surface area contributed by atoms with Crippen LogP contribution in [0.5, 0.6) is 17.2 Å². The number of benzene rings is 4. The number of hydrogen-bond acceptors (Lipinski definition) is 13. The number of carbonyl (C=O) groups excluding carboxylic acids is 3. The second kappa shape index (κ2) is 18.5. The van der Waals surface area contributed by atoms with Gasteiger partial charge >= 0.3 is 11.9 Å². The standard InChI is InChI=1S/C45H46N6O10/c1-28(2)41(53)48-44-47-40-38(42(54)49-44)46-27-51(40)36-24-50(45(30-15-9-6-10-16-30,31-17-11-7-12-18-31)32-19-13-8-14-20-32)23-33(61-36)25-59-37(52)26-60-43(55)29-21-34(56-3)39(58-5)35(22-29)57-4/h6-22,27-28,33,36H,23-26H2,1-5H3,(H2,47,48,49,53,54). The highest BCUT2D eigenvalue weighted by Gasteiger charge is 2.47. The molecule has 0 radical (unpaired) electrons. The fourth-order valence-corrected chi connectivity index (χ4v) is 7.51. The summed E-state index contributed by atoms with van der Waals surface area (Å²) in [6, 6.07) is 33.0. The number of fused-ring (bicyclic) bond motifs is 1. The van der Waals surface area contributed by atoms with Crippen molar-refractivity contribution in [3.8, 4) is 17.2 Å². The van der Waals surface area contributed by atoms with Gasteiger partial charge in [0, 0.05) is 19.0 Å². The number of morpholine rings is 1. The Bertz CT molecular complexity index is 2420. The van der Waals surface area contributed by atoms with Crippen molar-refractivity contribution in [2.24, 2.45) is 5.92 Å². The van der Waals surface area contributed by atoms with E-state index in [1.807, 2.05) is 54.6 Å². The fourth-order valence-electron chi connectivity index (χ4n) is 7.51. The van der Waals surface area contributed by atoms with Crippen molar-refractivity contribution in [1.29, 1.82) is 0 Å². The number of nitrogens with one attached hydrogen (secondary N) is 2. The molecular formula is C45H46N6O10. The highest BCUT2D eigenvalue weighted by atomic mass is 16.6. The van der Waals surface area contributed by atoms with E-state index in [1.165, 1.54) is 39.8 Å². The maximum absolute atomic E-state index is 13.3. The van der Waals surface area contributed by atoms with E-state index in [9.17, 15) is 19.2 Å². The van der Waals surface area contributed by atoms with Crippen molar-refractivity contribution in [3.05, 3.63) is 142 Å². The zero-order chi connectivity index (χ0) is 43.1. The molecule has 6 aromatic rings. The Morgan fingerprint density at radius 1 is 0.836 bits per heavy atom. The molecule has 2 unspecified atom stereocenters. The smallest absolute Gasteiger partial charge is 0.344 e. The lowest BCUT2D eigenvalue weighted by atomic mass is 9.75. The summed E-state index contributed by atoms with van der Waals surface area (Å²) in [4.78, 5) is 66.1. The zero-order valence-corrected chi connectivity index (χ0v) is 34.3. The molecule has 1 aliphatic heterocycles. The number of esters is 2. The van der Waals surface area contributed by atoms with Crippen LogP contribution >= 0.6 is 0 Å². The first kappa shape index (κ1) is 42.1. The molecule has 0 aliphatic carbocycles. The summed E-state index contributed by atoms with van der Waals surface area (Å²) in [6.45, 7) is 3.02. The van der Waals surface area contributed by atoms with Gasteiger partial charge in [0.05, 0.1) is 38.8 Å². The minimum Gasteiger partial charge on any atom is -0.493 e. The number of aromatic nitrogens is 4. The molecule has 2 aromatic heterocycles. The number of rotatable bonds is 15. The predicted molar refractivity (Wildman–Crippen MR) is 224 cm³/mol. The molecule has 0 spiro atoms. The van der Waals surface area contributed by atoms with Crippen molar-refractivity contribution in [2.75, 3.05) is 52.9 Å². The molecule has 0 bridgehead atoms. The first-order chi connectivity index (χ1) is 29.6. The number of carbonyl (C=O) groups is 3. The van der Waals surface area contributed by atoms with Gasteiger partial charge in [0.1, 0.15) is 18.9 Å². The number of aromatic amines is 1. The van der Waals surface area contributed by atoms with Gasteiger partial charge in [-0.2, -0.15) is 4.98 Å². The summed E-state index contributed by atoms with van der Waals surface area (Å²) < 4.78 is 35.5. The molecule has 3 heterocycles. The molecule has 1 aliphatic rings. The number of hydrogen-bond donors (Lipinski definition) is 2. The summed E-state index contributed by atoms with van der Waals surface area (Å²) in [5, 5.41) is 2.67. The third-order valence-corrected chi connectivity index (χ3v) is 10.4. The second-order valence-electron chi connectivity index (χ2n) is 14.5. The normalized spacial score (nSPS) is 15.6. The molecule has 1 fully saturated rings. The zero-order valence-electron chi connectivity index (χ0n) is 34.3. The number of ether oxygens (including phenoxy) is 6. The number of H-pyrrole nitrogens is 1. The van der Waals surface area contributed by atoms with E-state index in [0.29, 0.717) is 5.75 Å². The van der Waals surface area contributed by atoms with Gasteiger partial charge in [-0.1, -0.05) is 105 Å². The monoisotopic (exact) mass is 830 g/mol. The molecule has 61 heavy (non-hydrogen) atoms. The minimum atomic E-state index is -0.915. The number of amides is 1. The lowest BCUT2D eigenvalue weighted by Crippen LogP contribution is -2.57. The summed E-state index contributed by atoms with van der Waals surface area (Å²) >= 11 is 0. The van der Waals surface area contributed by atoms with E-state index in [1.54, 1.807) is 18.4 Å². The van der Waals surface area contributed by atoms with Gasteiger partial charge in [0.15, 0.2) is 29.3 Å². The molecule has 16 nitrogen and oxygen atoms in total. The van der Waals surface area contributed by atoms with Crippen LogP contribution in [0, 0.1) is 5.92 Å². The van der Waals surface area contributed by atoms with Crippen LogP contribution in [0.4, 0.5) is 5.95 Å². The summed E-state index contributed by atoms with van der Waals surface area (Å²) in [5.74, 6) is -1.59. The Labute approximate surface area is 351 Å². The molecule has 16 heteroatoms. The molecule has 2 N–H and O–H groups in total. The summed E-state index contributed by atoms with van der Waals surface area (Å²) in [6.07, 6.45) is -0.155. The van der Waals surface area contributed by atoms with Gasteiger partial charge in [-0.15, -0.1) is 0 Å². The molecule has 0 saturated carbocycles. The van der Waals surface area contributed by atoms with E-state index in [0.717, 1.165) is 16.7 Å². The Balaban J connectivity index is 1.24. The average molecular weight is 831 g/mol. The Kier molecular flexibility index (Phi) is 12.8. The topological polar surface area (TPSA) is 185 Å². The number of anilines is 1. The van der Waals surface area contributed by atoms with Crippen LogP contribution < -0.4 is 25.1 Å². The van der Waals surface area contributed by atoms with Gasteiger partial charge in [-0.3, -0.25) is 29.4 Å². The molecule has 7 rings (SSSR count). The Morgan fingerprint density at radius 3 is 1.93 bits per heavy atom. The number of nitrogens with zero attached hydrogens (tertiary/aromatic N) is 4. The molecule has 1 saturated heterocycles. The van der Waals surface area contributed by atoms with Gasteiger partial charge in [-0.25, -0.2) is 14.6 Å². The maximum atomic E-state index is 13.3. The lowest BCUT2D eigenvalue weighted by Gasteiger charge is -2.50. The van der Waals surface area contributed by atoms with Crippen molar-refractivity contribution in [1.82, 2.24) is 24.4 Å². The fraction of sp³-hybridized carbons (Fsp3) is 0.289. The van der Waals surface area contributed by atoms with Crippen LogP contribution in [-0.4, -0.2) is 96.0 Å². The Hall–Kier alpha value is -7.04. The van der Waals surface area contributed by atoms with Crippen LogP contribution in [0.25, 0.3) is 11.2 Å². The van der Waals surface area contributed by atoms with E-state index < -0.39 is 42.0 Å². The summed E-state index contributed by atoms with van der Waals surface area (Å²) in [5.41, 5.74) is 1.72.